The third-order valence-corrected chi connectivity index (χ3v) is 2.15. The molecule has 0 bridgehead atoms. The van der Waals surface area contributed by atoms with Gasteiger partial charge in [-0.15, -0.1) is 0 Å². The van der Waals surface area contributed by atoms with Crippen LogP contribution in [0.4, 0.5) is 0 Å². The molecule has 0 aromatic heterocycles. The van der Waals surface area contributed by atoms with Gasteiger partial charge in [0, 0.05) is 0 Å². The van der Waals surface area contributed by atoms with Crippen LogP contribution < -0.4 is 5.73 Å². The highest BCUT2D eigenvalue weighted by molar-refractivity contribution is 5.27. The lowest BCUT2D eigenvalue weighted by Crippen LogP contribution is -2.25. The van der Waals surface area contributed by atoms with Crippen molar-refractivity contribution in [3.8, 4) is 5.75 Å². The molecule has 2 nitrogen and oxygen atoms in total. The fraction of sp³-hybridized carbons (Fsp3) is 0.455. The van der Waals surface area contributed by atoms with Crippen LogP contribution in [0.15, 0.2) is 24.3 Å². The van der Waals surface area contributed by atoms with Gasteiger partial charge >= 0.3 is 0 Å². The topological polar surface area (TPSA) is 46.2 Å². The molecule has 0 aliphatic carbocycles. The average Bonchev–Trinajstić information content (AvgIpc) is 2.03. The SMILES string of the molecule is CC(C)(CN)Cc1cccc(O)c1. The van der Waals surface area contributed by atoms with Crippen LogP contribution in [0.25, 0.3) is 0 Å². The molecule has 13 heavy (non-hydrogen) atoms. The number of aromatic hydroxyl groups is 1. The molecule has 0 spiro atoms. The Morgan fingerprint density at radius 1 is 1.38 bits per heavy atom. The molecule has 0 radical (unpaired) electrons. The van der Waals surface area contributed by atoms with Gasteiger partial charge in [0.2, 0.25) is 0 Å². The van der Waals surface area contributed by atoms with Gasteiger partial charge in [0.15, 0.2) is 0 Å². The van der Waals surface area contributed by atoms with Crippen molar-refractivity contribution in [2.75, 3.05) is 6.54 Å². The molecule has 72 valence electrons. The second kappa shape index (κ2) is 3.79. The van der Waals surface area contributed by atoms with Crippen molar-refractivity contribution in [1.82, 2.24) is 0 Å². The lowest BCUT2D eigenvalue weighted by molar-refractivity contribution is 0.376. The Bertz CT molecular complexity index is 281. The second-order valence-electron chi connectivity index (χ2n) is 4.22. The maximum atomic E-state index is 9.25. The molecule has 1 aromatic carbocycles. The minimum Gasteiger partial charge on any atom is -0.508 e. The van der Waals surface area contributed by atoms with E-state index in [1.54, 1.807) is 12.1 Å². The first kappa shape index (κ1) is 10.1. The molecule has 0 aliphatic heterocycles. The maximum Gasteiger partial charge on any atom is 0.115 e. The van der Waals surface area contributed by atoms with Crippen molar-refractivity contribution >= 4 is 0 Å². The van der Waals surface area contributed by atoms with Crippen molar-refractivity contribution in [2.24, 2.45) is 11.1 Å². The Kier molecular flexibility index (Phi) is 2.94. The fourth-order valence-corrected chi connectivity index (χ4v) is 1.29. The summed E-state index contributed by atoms with van der Waals surface area (Å²) in [5.41, 5.74) is 6.87. The van der Waals surface area contributed by atoms with Crippen LogP contribution in [0, 0.1) is 5.41 Å². The van der Waals surface area contributed by atoms with E-state index in [4.69, 9.17) is 5.73 Å². The Hall–Kier alpha value is -1.02. The van der Waals surface area contributed by atoms with Crippen LogP contribution in [0.2, 0.25) is 0 Å². The molecule has 0 unspecified atom stereocenters. The summed E-state index contributed by atoms with van der Waals surface area (Å²) in [5.74, 6) is 0.324. The first-order chi connectivity index (χ1) is 6.03. The quantitative estimate of drug-likeness (QED) is 0.744. The molecule has 0 saturated heterocycles. The summed E-state index contributed by atoms with van der Waals surface area (Å²) in [5, 5.41) is 9.25. The standard InChI is InChI=1S/C11H17NO/c1-11(2,8-12)7-9-4-3-5-10(13)6-9/h3-6,13H,7-8,12H2,1-2H3. The number of nitrogens with two attached hydrogens (primary N) is 1. The first-order valence-corrected chi connectivity index (χ1v) is 4.51. The Morgan fingerprint density at radius 2 is 2.08 bits per heavy atom. The summed E-state index contributed by atoms with van der Waals surface area (Å²) in [6.07, 6.45) is 0.901. The predicted octanol–water partition coefficient (Wildman–Crippen LogP) is 1.92. The van der Waals surface area contributed by atoms with Crippen LogP contribution in [-0.4, -0.2) is 11.7 Å². The molecule has 1 rings (SSSR count). The summed E-state index contributed by atoms with van der Waals surface area (Å²) in [6, 6.07) is 7.34. The van der Waals surface area contributed by atoms with Gasteiger partial charge in [-0.05, 0) is 36.1 Å². The van der Waals surface area contributed by atoms with Gasteiger partial charge in [-0.2, -0.15) is 0 Å². The molecule has 0 aliphatic rings. The van der Waals surface area contributed by atoms with Crippen LogP contribution in [0.5, 0.6) is 5.75 Å². The number of rotatable bonds is 3. The van der Waals surface area contributed by atoms with Gasteiger partial charge in [0.1, 0.15) is 5.75 Å². The minimum absolute atomic E-state index is 0.105. The van der Waals surface area contributed by atoms with Crippen LogP contribution in [-0.2, 0) is 6.42 Å². The Morgan fingerprint density at radius 3 is 2.62 bits per heavy atom. The summed E-state index contributed by atoms with van der Waals surface area (Å²) < 4.78 is 0. The summed E-state index contributed by atoms with van der Waals surface area (Å²) in [6.45, 7) is 4.90. The van der Waals surface area contributed by atoms with Crippen molar-refractivity contribution in [2.45, 2.75) is 20.3 Å². The summed E-state index contributed by atoms with van der Waals surface area (Å²) in [4.78, 5) is 0. The minimum atomic E-state index is 0.105. The van der Waals surface area contributed by atoms with E-state index in [0.717, 1.165) is 12.0 Å². The highest BCUT2D eigenvalue weighted by Gasteiger charge is 2.15. The molecule has 0 atom stereocenters. The van der Waals surface area contributed by atoms with Crippen molar-refractivity contribution in [3.63, 3.8) is 0 Å². The van der Waals surface area contributed by atoms with Crippen molar-refractivity contribution < 1.29 is 5.11 Å². The van der Waals surface area contributed by atoms with E-state index in [9.17, 15) is 5.11 Å². The third kappa shape index (κ3) is 3.07. The number of phenols is 1. The normalized spacial score (nSPS) is 11.6. The number of hydrogen-bond donors (Lipinski definition) is 2. The van der Waals surface area contributed by atoms with E-state index in [1.165, 1.54) is 0 Å². The van der Waals surface area contributed by atoms with Crippen LogP contribution in [0.1, 0.15) is 19.4 Å². The van der Waals surface area contributed by atoms with E-state index in [1.807, 2.05) is 12.1 Å². The van der Waals surface area contributed by atoms with E-state index in [0.29, 0.717) is 12.3 Å². The zero-order valence-corrected chi connectivity index (χ0v) is 8.25. The zero-order chi connectivity index (χ0) is 9.90. The number of hydrogen-bond acceptors (Lipinski definition) is 2. The third-order valence-electron chi connectivity index (χ3n) is 2.15. The molecule has 3 N–H and O–H groups in total. The zero-order valence-electron chi connectivity index (χ0n) is 8.25. The lowest BCUT2D eigenvalue weighted by Gasteiger charge is -2.22. The summed E-state index contributed by atoms with van der Waals surface area (Å²) >= 11 is 0. The molecular weight excluding hydrogens is 162 g/mol. The van der Waals surface area contributed by atoms with E-state index >= 15 is 0 Å². The van der Waals surface area contributed by atoms with Gasteiger partial charge in [-0.1, -0.05) is 26.0 Å². The highest BCUT2D eigenvalue weighted by atomic mass is 16.3. The molecule has 0 amide bonds. The summed E-state index contributed by atoms with van der Waals surface area (Å²) in [7, 11) is 0. The molecule has 2 heteroatoms. The highest BCUT2D eigenvalue weighted by Crippen LogP contribution is 2.22. The second-order valence-corrected chi connectivity index (χ2v) is 4.22. The number of benzene rings is 1. The van der Waals surface area contributed by atoms with Crippen molar-refractivity contribution in [1.29, 1.82) is 0 Å². The number of phenolic OH excluding ortho intramolecular Hbond substituents is 1. The predicted molar refractivity (Wildman–Crippen MR) is 54.6 cm³/mol. The molecular formula is C11H17NO. The monoisotopic (exact) mass is 179 g/mol. The maximum absolute atomic E-state index is 9.25. The van der Waals surface area contributed by atoms with Crippen LogP contribution in [0.3, 0.4) is 0 Å². The lowest BCUT2D eigenvalue weighted by atomic mass is 9.86. The van der Waals surface area contributed by atoms with Gasteiger partial charge in [0.05, 0.1) is 0 Å². The van der Waals surface area contributed by atoms with Crippen LogP contribution >= 0.6 is 0 Å². The Balaban J connectivity index is 2.74. The average molecular weight is 179 g/mol. The van der Waals surface area contributed by atoms with Crippen molar-refractivity contribution in [3.05, 3.63) is 29.8 Å². The van der Waals surface area contributed by atoms with Gasteiger partial charge in [0.25, 0.3) is 0 Å². The Labute approximate surface area is 79.4 Å². The van der Waals surface area contributed by atoms with Gasteiger partial charge in [-0.25, -0.2) is 0 Å². The fourth-order valence-electron chi connectivity index (χ4n) is 1.29. The smallest absolute Gasteiger partial charge is 0.115 e. The molecule has 0 heterocycles. The van der Waals surface area contributed by atoms with E-state index in [2.05, 4.69) is 13.8 Å². The van der Waals surface area contributed by atoms with E-state index < -0.39 is 0 Å². The molecule has 0 fully saturated rings. The largest absolute Gasteiger partial charge is 0.508 e. The van der Waals surface area contributed by atoms with E-state index in [-0.39, 0.29) is 5.41 Å². The molecule has 1 aromatic rings. The van der Waals surface area contributed by atoms with Gasteiger partial charge < -0.3 is 10.8 Å². The molecule has 0 saturated carbocycles. The first-order valence-electron chi connectivity index (χ1n) is 4.51. The van der Waals surface area contributed by atoms with Gasteiger partial charge in [-0.3, -0.25) is 0 Å².